The minimum atomic E-state index is -0.884. The summed E-state index contributed by atoms with van der Waals surface area (Å²) in [6.07, 6.45) is 4.15. The van der Waals surface area contributed by atoms with Crippen LogP contribution in [-0.2, 0) is 9.59 Å². The van der Waals surface area contributed by atoms with Gasteiger partial charge in [-0.3, -0.25) is 19.7 Å². The summed E-state index contributed by atoms with van der Waals surface area (Å²) in [5.74, 6) is -2.50. The van der Waals surface area contributed by atoms with Crippen LogP contribution >= 0.6 is 0 Å². The first-order chi connectivity index (χ1) is 10.5. The molecule has 2 aliphatic rings. The number of nitrogens with one attached hydrogen (secondary N) is 1. The van der Waals surface area contributed by atoms with Crippen molar-refractivity contribution in [1.29, 1.82) is 0 Å². The van der Waals surface area contributed by atoms with E-state index in [0.717, 1.165) is 0 Å². The molecule has 0 aromatic heterocycles. The Bertz CT molecular complexity index is 684. The number of non-ortho nitro benzene ring substituents is 1. The molecule has 0 aliphatic heterocycles. The van der Waals surface area contributed by atoms with Crippen LogP contribution in [0.4, 0.5) is 11.4 Å². The lowest BCUT2D eigenvalue weighted by Crippen LogP contribution is -2.29. The molecule has 4 unspecified atom stereocenters. The summed E-state index contributed by atoms with van der Waals surface area (Å²) in [6.45, 7) is 0. The highest BCUT2D eigenvalue weighted by Gasteiger charge is 2.50. The molecular weight excluding hydrogens is 288 g/mol. The fourth-order valence-electron chi connectivity index (χ4n) is 3.41. The van der Waals surface area contributed by atoms with Crippen molar-refractivity contribution in [3.05, 3.63) is 46.5 Å². The van der Waals surface area contributed by atoms with Crippen molar-refractivity contribution in [2.24, 2.45) is 23.7 Å². The molecule has 2 aliphatic carbocycles. The lowest BCUT2D eigenvalue weighted by molar-refractivity contribution is -0.384. The Kier molecular flexibility index (Phi) is 3.40. The Hall–Kier alpha value is -2.70. The lowest BCUT2D eigenvalue weighted by Gasteiger charge is -2.17. The molecule has 1 aromatic rings. The number of carboxylic acid groups (broad SMARTS) is 1. The maximum Gasteiger partial charge on any atom is 0.307 e. The first-order valence-electron chi connectivity index (χ1n) is 6.94. The maximum absolute atomic E-state index is 12.4. The number of hydrogen-bond donors (Lipinski definition) is 2. The third-order valence-corrected chi connectivity index (χ3v) is 4.39. The van der Waals surface area contributed by atoms with Crippen LogP contribution < -0.4 is 5.32 Å². The van der Waals surface area contributed by atoms with E-state index in [4.69, 9.17) is 0 Å². The van der Waals surface area contributed by atoms with Gasteiger partial charge in [-0.25, -0.2) is 0 Å². The first kappa shape index (κ1) is 14.2. The monoisotopic (exact) mass is 302 g/mol. The smallest absolute Gasteiger partial charge is 0.307 e. The molecule has 7 heteroatoms. The van der Waals surface area contributed by atoms with Crippen LogP contribution in [0, 0.1) is 33.8 Å². The summed E-state index contributed by atoms with van der Waals surface area (Å²) in [5.41, 5.74) is 0.242. The predicted octanol–water partition coefficient (Wildman–Crippen LogP) is 2.06. The van der Waals surface area contributed by atoms with Crippen LogP contribution in [0.25, 0.3) is 0 Å². The number of carboxylic acids is 1. The molecule has 0 heterocycles. The van der Waals surface area contributed by atoms with E-state index in [2.05, 4.69) is 5.32 Å². The molecule has 0 spiro atoms. The first-order valence-corrected chi connectivity index (χ1v) is 6.94. The van der Waals surface area contributed by atoms with Gasteiger partial charge in [0.2, 0.25) is 5.91 Å². The quantitative estimate of drug-likeness (QED) is 0.502. The van der Waals surface area contributed by atoms with E-state index in [1.807, 2.05) is 6.08 Å². The van der Waals surface area contributed by atoms with E-state index in [-0.39, 0.29) is 23.4 Å². The Balaban J connectivity index is 1.75. The molecule has 1 fully saturated rings. The average molecular weight is 302 g/mol. The lowest BCUT2D eigenvalue weighted by atomic mass is 9.90. The van der Waals surface area contributed by atoms with Crippen molar-refractivity contribution in [2.45, 2.75) is 6.42 Å². The Labute approximate surface area is 125 Å². The van der Waals surface area contributed by atoms with Crippen LogP contribution in [0.5, 0.6) is 0 Å². The van der Waals surface area contributed by atoms with Crippen molar-refractivity contribution >= 4 is 23.3 Å². The minimum absolute atomic E-state index is 0.0789. The predicted molar refractivity (Wildman–Crippen MR) is 77.1 cm³/mol. The summed E-state index contributed by atoms with van der Waals surface area (Å²) in [5, 5.41) is 22.6. The average Bonchev–Trinajstić information content (AvgIpc) is 3.05. The number of fused-ring (bicyclic) bond motifs is 2. The number of hydrogen-bond acceptors (Lipinski definition) is 4. The summed E-state index contributed by atoms with van der Waals surface area (Å²) in [6, 6.07) is 5.70. The zero-order valence-corrected chi connectivity index (χ0v) is 11.5. The number of nitrogens with zero attached hydrogens (tertiary/aromatic N) is 1. The molecule has 1 saturated carbocycles. The van der Waals surface area contributed by atoms with Gasteiger partial charge in [-0.2, -0.15) is 0 Å². The summed E-state index contributed by atoms with van der Waals surface area (Å²) in [7, 11) is 0. The van der Waals surface area contributed by atoms with Gasteiger partial charge < -0.3 is 10.4 Å². The fraction of sp³-hybridized carbons (Fsp3) is 0.333. The molecule has 0 saturated heterocycles. The topological polar surface area (TPSA) is 110 Å². The molecule has 3 rings (SSSR count). The van der Waals surface area contributed by atoms with Crippen LogP contribution in [-0.4, -0.2) is 21.9 Å². The molecule has 1 aromatic carbocycles. The second-order valence-electron chi connectivity index (χ2n) is 5.63. The van der Waals surface area contributed by atoms with E-state index in [1.54, 1.807) is 12.1 Å². The van der Waals surface area contributed by atoms with Gasteiger partial charge >= 0.3 is 5.97 Å². The van der Waals surface area contributed by atoms with Crippen molar-refractivity contribution in [2.75, 3.05) is 5.32 Å². The largest absolute Gasteiger partial charge is 0.481 e. The molecule has 1 amide bonds. The highest BCUT2D eigenvalue weighted by molar-refractivity contribution is 5.95. The normalized spacial score (nSPS) is 28.5. The third kappa shape index (κ3) is 2.34. The van der Waals surface area contributed by atoms with E-state index >= 15 is 0 Å². The SMILES string of the molecule is O=C(O)C1CC2C=CC1C2C(=O)Nc1cccc([N+](=O)[O-])c1. The zero-order chi connectivity index (χ0) is 15.9. The Morgan fingerprint density at radius 3 is 2.73 bits per heavy atom. The van der Waals surface area contributed by atoms with Gasteiger partial charge in [-0.05, 0) is 18.4 Å². The van der Waals surface area contributed by atoms with Gasteiger partial charge in [0.25, 0.3) is 5.69 Å². The molecule has 114 valence electrons. The molecular formula is C15H14N2O5. The van der Waals surface area contributed by atoms with E-state index in [0.29, 0.717) is 12.1 Å². The molecule has 22 heavy (non-hydrogen) atoms. The fourth-order valence-corrected chi connectivity index (χ4v) is 3.41. The molecule has 0 radical (unpaired) electrons. The number of nitro benzene ring substituents is 1. The highest BCUT2D eigenvalue weighted by Crippen LogP contribution is 2.48. The number of benzene rings is 1. The zero-order valence-electron chi connectivity index (χ0n) is 11.5. The number of amides is 1. The molecule has 2 N–H and O–H groups in total. The highest BCUT2D eigenvalue weighted by atomic mass is 16.6. The Morgan fingerprint density at radius 1 is 1.32 bits per heavy atom. The van der Waals surface area contributed by atoms with Crippen molar-refractivity contribution in [3.63, 3.8) is 0 Å². The maximum atomic E-state index is 12.4. The van der Waals surface area contributed by atoms with Gasteiger partial charge in [-0.15, -0.1) is 0 Å². The number of carbonyl (C=O) groups is 2. The van der Waals surface area contributed by atoms with Crippen molar-refractivity contribution < 1.29 is 19.6 Å². The molecule has 7 nitrogen and oxygen atoms in total. The van der Waals surface area contributed by atoms with Crippen LogP contribution in [0.1, 0.15) is 6.42 Å². The summed E-state index contributed by atoms with van der Waals surface area (Å²) < 4.78 is 0. The number of carbonyl (C=O) groups excluding carboxylic acids is 1. The van der Waals surface area contributed by atoms with Crippen LogP contribution in [0.2, 0.25) is 0 Å². The van der Waals surface area contributed by atoms with E-state index in [9.17, 15) is 24.8 Å². The second-order valence-corrected chi connectivity index (χ2v) is 5.63. The number of rotatable bonds is 4. The number of allylic oxidation sites excluding steroid dienone is 2. The van der Waals surface area contributed by atoms with Crippen LogP contribution in [0.15, 0.2) is 36.4 Å². The van der Waals surface area contributed by atoms with Gasteiger partial charge in [0.15, 0.2) is 0 Å². The summed E-state index contributed by atoms with van der Waals surface area (Å²) in [4.78, 5) is 33.8. The standard InChI is InChI=1S/C15H14N2O5/c18-14(16-9-2-1-3-10(7-9)17(21)22)13-8-4-5-11(13)12(6-8)15(19)20/h1-5,7-8,11-13H,6H2,(H,16,18)(H,19,20). The molecule has 4 atom stereocenters. The number of aliphatic carboxylic acids is 1. The van der Waals surface area contributed by atoms with E-state index < -0.39 is 22.7 Å². The van der Waals surface area contributed by atoms with Gasteiger partial charge in [0, 0.05) is 23.7 Å². The van der Waals surface area contributed by atoms with Crippen molar-refractivity contribution in [3.8, 4) is 0 Å². The molecule has 2 bridgehead atoms. The van der Waals surface area contributed by atoms with Gasteiger partial charge in [0.05, 0.1) is 16.8 Å². The number of anilines is 1. The second kappa shape index (κ2) is 5.25. The Morgan fingerprint density at radius 2 is 2.09 bits per heavy atom. The van der Waals surface area contributed by atoms with Gasteiger partial charge in [0.1, 0.15) is 0 Å². The van der Waals surface area contributed by atoms with Gasteiger partial charge in [-0.1, -0.05) is 18.2 Å². The third-order valence-electron chi connectivity index (χ3n) is 4.39. The minimum Gasteiger partial charge on any atom is -0.481 e. The van der Waals surface area contributed by atoms with Crippen molar-refractivity contribution in [1.82, 2.24) is 0 Å². The summed E-state index contributed by atoms with van der Waals surface area (Å²) >= 11 is 0. The number of nitro groups is 1. The van der Waals surface area contributed by atoms with E-state index in [1.165, 1.54) is 18.2 Å². The van der Waals surface area contributed by atoms with Crippen LogP contribution in [0.3, 0.4) is 0 Å².